The van der Waals surface area contributed by atoms with Crippen LogP contribution in [-0.2, 0) is 25.7 Å². The number of hydrogen-bond acceptors (Lipinski definition) is 8. The molecule has 0 saturated carbocycles. The third-order valence-electron chi connectivity index (χ3n) is 9.66. The predicted molar refractivity (Wildman–Crippen MR) is 173 cm³/mol. The van der Waals surface area contributed by atoms with Gasteiger partial charge >= 0.3 is 0 Å². The third-order valence-corrected chi connectivity index (χ3v) is 9.66. The molecule has 45 heavy (non-hydrogen) atoms. The van der Waals surface area contributed by atoms with E-state index in [9.17, 15) is 5.11 Å². The maximum absolute atomic E-state index is 10.7. The second-order valence-corrected chi connectivity index (χ2v) is 12.3. The van der Waals surface area contributed by atoms with Gasteiger partial charge in [0.15, 0.2) is 34.5 Å². The van der Waals surface area contributed by atoms with E-state index in [1.807, 2.05) is 30.3 Å². The Hall–Kier alpha value is -4.40. The first kappa shape index (κ1) is 29.3. The van der Waals surface area contributed by atoms with Gasteiger partial charge in [-0.2, -0.15) is 0 Å². The highest BCUT2D eigenvalue weighted by molar-refractivity contribution is 5.62. The molecule has 8 nitrogen and oxygen atoms in total. The van der Waals surface area contributed by atoms with Crippen LogP contribution in [0.2, 0.25) is 0 Å². The Morgan fingerprint density at radius 2 is 1.40 bits per heavy atom. The van der Waals surface area contributed by atoms with Crippen LogP contribution in [0.1, 0.15) is 45.5 Å². The van der Waals surface area contributed by atoms with E-state index in [-0.39, 0.29) is 17.8 Å². The zero-order valence-electron chi connectivity index (χ0n) is 26.6. The Morgan fingerprint density at radius 3 is 2.16 bits per heavy atom. The molecular weight excluding hydrogens is 568 g/mol. The molecule has 6 aliphatic rings. The summed E-state index contributed by atoms with van der Waals surface area (Å²) in [6.07, 6.45) is 3.21. The highest BCUT2D eigenvalue weighted by Crippen LogP contribution is 2.50. The average Bonchev–Trinajstić information content (AvgIpc) is 3.05. The van der Waals surface area contributed by atoms with Crippen LogP contribution >= 0.6 is 0 Å². The van der Waals surface area contributed by atoms with Crippen LogP contribution in [-0.4, -0.2) is 63.4 Å². The minimum absolute atomic E-state index is 0.0380. The maximum atomic E-state index is 10.7. The van der Waals surface area contributed by atoms with E-state index in [4.69, 9.17) is 23.7 Å². The van der Waals surface area contributed by atoms with Crippen LogP contribution in [0.15, 0.2) is 60.7 Å². The second kappa shape index (κ2) is 11.8. The zero-order valence-corrected chi connectivity index (χ0v) is 26.6. The van der Waals surface area contributed by atoms with Crippen molar-refractivity contribution in [3.05, 3.63) is 94.0 Å². The van der Waals surface area contributed by atoms with Crippen molar-refractivity contribution < 1.29 is 28.8 Å². The molecule has 2 atom stereocenters. The van der Waals surface area contributed by atoms with Crippen molar-refractivity contribution in [3.8, 4) is 46.0 Å². The van der Waals surface area contributed by atoms with Crippen molar-refractivity contribution >= 4 is 0 Å². The van der Waals surface area contributed by atoms with Gasteiger partial charge in [0, 0.05) is 42.4 Å². The number of rotatable bonds is 3. The molecule has 4 aromatic rings. The number of aromatic hydroxyl groups is 1. The number of likely N-dealkylation sites (N-methyl/N-ethyl adjacent to an activating group) is 2. The molecule has 0 aliphatic carbocycles. The molecule has 8 heteroatoms. The normalized spacial score (nSPS) is 19.4. The summed E-state index contributed by atoms with van der Waals surface area (Å²) in [6, 6.07) is 20.2. The molecule has 0 fully saturated rings. The first-order valence-corrected chi connectivity index (χ1v) is 15.5. The number of benzene rings is 4. The summed E-state index contributed by atoms with van der Waals surface area (Å²) in [4.78, 5) is 4.75. The van der Waals surface area contributed by atoms with Gasteiger partial charge in [0.2, 0.25) is 0 Å². The van der Waals surface area contributed by atoms with Crippen LogP contribution in [0.4, 0.5) is 0 Å². The van der Waals surface area contributed by atoms with Crippen molar-refractivity contribution in [2.75, 3.05) is 48.5 Å². The van der Waals surface area contributed by atoms with Gasteiger partial charge in [-0.3, -0.25) is 9.80 Å². The van der Waals surface area contributed by atoms with E-state index in [1.165, 1.54) is 16.7 Å². The average molecular weight is 609 g/mol. The lowest BCUT2D eigenvalue weighted by atomic mass is 9.87. The van der Waals surface area contributed by atoms with Crippen molar-refractivity contribution in [1.82, 2.24) is 9.80 Å². The number of phenolic OH excluding ortho intramolecular Hbond substituents is 1. The Labute approximate surface area is 264 Å². The van der Waals surface area contributed by atoms with Crippen molar-refractivity contribution in [2.24, 2.45) is 0 Å². The lowest BCUT2D eigenvalue weighted by Crippen LogP contribution is -2.34. The first-order chi connectivity index (χ1) is 21.9. The lowest BCUT2D eigenvalue weighted by Gasteiger charge is -2.37. The fourth-order valence-electron chi connectivity index (χ4n) is 7.17. The number of phenols is 1. The van der Waals surface area contributed by atoms with Gasteiger partial charge in [0.25, 0.3) is 0 Å². The van der Waals surface area contributed by atoms with Gasteiger partial charge in [0.1, 0.15) is 11.5 Å². The molecule has 0 unspecified atom stereocenters. The quantitative estimate of drug-likeness (QED) is 0.271. The zero-order chi connectivity index (χ0) is 31.2. The fourth-order valence-corrected chi connectivity index (χ4v) is 7.17. The minimum atomic E-state index is -0.0380. The molecule has 0 radical (unpaired) electrons. The molecule has 6 aliphatic heterocycles. The summed E-state index contributed by atoms with van der Waals surface area (Å²) < 4.78 is 30.9. The molecule has 0 amide bonds. The first-order valence-electron chi connectivity index (χ1n) is 15.5. The van der Waals surface area contributed by atoms with Gasteiger partial charge in [-0.15, -0.1) is 0 Å². The Bertz CT molecular complexity index is 1740. The summed E-state index contributed by atoms with van der Waals surface area (Å²) in [5.74, 6) is 4.68. The van der Waals surface area contributed by atoms with Gasteiger partial charge < -0.3 is 28.8 Å². The van der Waals surface area contributed by atoms with Crippen LogP contribution in [0.5, 0.6) is 46.0 Å². The summed E-state index contributed by atoms with van der Waals surface area (Å²) in [5.41, 5.74) is 6.88. The molecular formula is C37H40N2O6. The number of nitrogens with zero attached hydrogens (tertiary/aromatic N) is 2. The lowest BCUT2D eigenvalue weighted by molar-refractivity contribution is 0.219. The van der Waals surface area contributed by atoms with Crippen molar-refractivity contribution in [2.45, 2.75) is 37.8 Å². The number of methoxy groups -OCH3 is 3. The molecule has 0 spiro atoms. The molecule has 6 heterocycles. The van der Waals surface area contributed by atoms with Crippen LogP contribution in [0, 0.1) is 0 Å². The molecule has 234 valence electrons. The Morgan fingerprint density at radius 1 is 0.689 bits per heavy atom. The molecule has 0 saturated heterocycles. The van der Waals surface area contributed by atoms with Crippen LogP contribution < -0.4 is 23.7 Å². The highest BCUT2D eigenvalue weighted by atomic mass is 16.5. The Balaban J connectivity index is 1.45. The largest absolute Gasteiger partial charge is 0.504 e. The van der Waals surface area contributed by atoms with Crippen molar-refractivity contribution in [3.63, 3.8) is 0 Å². The van der Waals surface area contributed by atoms with Gasteiger partial charge in [-0.1, -0.05) is 18.2 Å². The molecule has 10 rings (SSSR count). The molecule has 1 N–H and O–H groups in total. The predicted octanol–water partition coefficient (Wildman–Crippen LogP) is 6.86. The van der Waals surface area contributed by atoms with E-state index in [2.05, 4.69) is 48.2 Å². The summed E-state index contributed by atoms with van der Waals surface area (Å²) in [5, 5.41) is 10.7. The fraction of sp³-hybridized carbons (Fsp3) is 0.351. The third kappa shape index (κ3) is 5.32. The minimum Gasteiger partial charge on any atom is -0.504 e. The summed E-state index contributed by atoms with van der Waals surface area (Å²) >= 11 is 0. The summed E-state index contributed by atoms with van der Waals surface area (Å²) in [7, 11) is 9.37. The van der Waals surface area contributed by atoms with E-state index >= 15 is 0 Å². The van der Waals surface area contributed by atoms with Gasteiger partial charge in [-0.05, 0) is 98.4 Å². The highest BCUT2D eigenvalue weighted by Gasteiger charge is 2.34. The number of ether oxygens (including phenoxy) is 5. The standard InChI is InChI=1S/C37H40N2O6/c1-38-14-12-24-19-33-32(41-3)20-27(24)28(38)16-22-6-9-25(10-7-22)44-31-18-23(8-11-30(31)40)17-29-36-26(13-15-39(29)2)37(43-5)35(42-4)21-34(36)45-33/h6-11,18-21,28-29,40H,12-17H2,1-5H3/t28-,29-/m0/s1. The van der Waals surface area contributed by atoms with Gasteiger partial charge in [-0.25, -0.2) is 0 Å². The van der Waals surface area contributed by atoms with Crippen LogP contribution in [0.25, 0.3) is 0 Å². The van der Waals surface area contributed by atoms with E-state index in [0.29, 0.717) is 40.9 Å². The van der Waals surface area contributed by atoms with E-state index < -0.39 is 0 Å². The molecule has 0 aromatic heterocycles. The van der Waals surface area contributed by atoms with Crippen molar-refractivity contribution in [1.29, 1.82) is 0 Å². The van der Waals surface area contributed by atoms with Gasteiger partial charge in [0.05, 0.1) is 21.3 Å². The second-order valence-electron chi connectivity index (χ2n) is 12.3. The molecule has 8 bridgehead atoms. The topological polar surface area (TPSA) is 72.9 Å². The van der Waals surface area contributed by atoms with E-state index in [0.717, 1.165) is 54.8 Å². The monoisotopic (exact) mass is 608 g/mol. The van der Waals surface area contributed by atoms with E-state index in [1.54, 1.807) is 27.4 Å². The Kier molecular flexibility index (Phi) is 7.71. The smallest absolute Gasteiger partial charge is 0.169 e. The van der Waals surface area contributed by atoms with Crippen LogP contribution in [0.3, 0.4) is 0 Å². The summed E-state index contributed by atoms with van der Waals surface area (Å²) in [6.45, 7) is 1.78. The SMILES string of the molecule is COc1cc2c3cc1Oc1cc(OC)c(OC)c4c1[C@H](Cc1ccc(O)c(c1)Oc1ccc(cc1)C[C@@H]2N(C)CC3)N(C)CC4. The number of hydrogen-bond donors (Lipinski definition) is 1. The maximum Gasteiger partial charge on any atom is 0.169 e. The molecule has 4 aromatic carbocycles.